The second-order valence-electron chi connectivity index (χ2n) is 3.81. The fourth-order valence-corrected chi connectivity index (χ4v) is 1.88. The lowest BCUT2D eigenvalue weighted by molar-refractivity contribution is -0.117. The molecule has 82 valence electrons. The molecule has 1 aromatic carbocycles. The van der Waals surface area contributed by atoms with Gasteiger partial charge in [0, 0.05) is 12.1 Å². The summed E-state index contributed by atoms with van der Waals surface area (Å²) in [6.45, 7) is 1.89. The summed E-state index contributed by atoms with van der Waals surface area (Å²) in [6, 6.07) is 6.11. The molecular weight excluding hydrogens is 200 g/mol. The lowest BCUT2D eigenvalue weighted by atomic mass is 9.96. The van der Waals surface area contributed by atoms with E-state index in [1.165, 1.54) is 11.1 Å². The van der Waals surface area contributed by atoms with Gasteiger partial charge in [-0.1, -0.05) is 24.0 Å². The molecule has 1 amide bonds. The van der Waals surface area contributed by atoms with Crippen LogP contribution in [0.15, 0.2) is 18.2 Å². The second kappa shape index (κ2) is 4.82. The molecule has 0 radical (unpaired) electrons. The predicted octanol–water partition coefficient (Wildman–Crippen LogP) is 0.559. The van der Waals surface area contributed by atoms with Gasteiger partial charge in [0.1, 0.15) is 0 Å². The van der Waals surface area contributed by atoms with E-state index in [9.17, 15) is 4.79 Å². The van der Waals surface area contributed by atoms with E-state index in [1.807, 2.05) is 12.1 Å². The summed E-state index contributed by atoms with van der Waals surface area (Å²) < 4.78 is 0. The van der Waals surface area contributed by atoms with Crippen LogP contribution in [0.2, 0.25) is 0 Å². The van der Waals surface area contributed by atoms with E-state index in [-0.39, 0.29) is 12.3 Å². The van der Waals surface area contributed by atoms with Gasteiger partial charge in [-0.2, -0.15) is 0 Å². The maximum atomic E-state index is 10.6. The van der Waals surface area contributed by atoms with Crippen LogP contribution in [0.25, 0.3) is 0 Å². The molecule has 0 saturated heterocycles. The summed E-state index contributed by atoms with van der Waals surface area (Å²) in [4.78, 5) is 10.6. The quantitative estimate of drug-likeness (QED) is 0.671. The van der Waals surface area contributed by atoms with Crippen LogP contribution < -0.4 is 11.1 Å². The minimum Gasteiger partial charge on any atom is -0.369 e. The standard InChI is InChI=1S/C13H14N2O/c14-13(16)6-2-4-10-3-1-5-11-9-15-8-7-12(10)11/h1,3,5,15H,6-9H2,(H2,14,16). The van der Waals surface area contributed by atoms with Gasteiger partial charge in [-0.3, -0.25) is 4.79 Å². The minimum atomic E-state index is -0.376. The highest BCUT2D eigenvalue weighted by atomic mass is 16.1. The number of carbonyl (C=O) groups excluding carboxylic acids is 1. The lowest BCUT2D eigenvalue weighted by Gasteiger charge is -2.18. The van der Waals surface area contributed by atoms with Crippen molar-refractivity contribution in [3.8, 4) is 11.8 Å². The summed E-state index contributed by atoms with van der Waals surface area (Å²) in [5.74, 6) is 5.46. The van der Waals surface area contributed by atoms with Gasteiger partial charge in [-0.05, 0) is 30.2 Å². The van der Waals surface area contributed by atoms with Crippen molar-refractivity contribution in [3.63, 3.8) is 0 Å². The number of amides is 1. The number of hydrogen-bond acceptors (Lipinski definition) is 2. The molecule has 2 rings (SSSR count). The molecule has 0 aromatic heterocycles. The highest BCUT2D eigenvalue weighted by Crippen LogP contribution is 2.17. The number of benzene rings is 1. The Labute approximate surface area is 95.0 Å². The Morgan fingerprint density at radius 2 is 2.38 bits per heavy atom. The second-order valence-corrected chi connectivity index (χ2v) is 3.81. The van der Waals surface area contributed by atoms with E-state index in [4.69, 9.17) is 5.73 Å². The van der Waals surface area contributed by atoms with Crippen molar-refractivity contribution >= 4 is 5.91 Å². The monoisotopic (exact) mass is 214 g/mol. The lowest BCUT2D eigenvalue weighted by Crippen LogP contribution is -2.24. The molecule has 0 aliphatic carbocycles. The molecule has 0 fully saturated rings. The topological polar surface area (TPSA) is 55.1 Å². The van der Waals surface area contributed by atoms with E-state index in [0.717, 1.165) is 25.1 Å². The molecule has 0 bridgehead atoms. The number of fused-ring (bicyclic) bond motifs is 1. The highest BCUT2D eigenvalue weighted by molar-refractivity contribution is 5.76. The zero-order valence-corrected chi connectivity index (χ0v) is 9.05. The number of nitrogens with two attached hydrogens (primary N) is 1. The molecule has 16 heavy (non-hydrogen) atoms. The van der Waals surface area contributed by atoms with E-state index in [2.05, 4.69) is 23.2 Å². The number of hydrogen-bond donors (Lipinski definition) is 2. The van der Waals surface area contributed by atoms with Gasteiger partial charge in [0.25, 0.3) is 0 Å². The fourth-order valence-electron chi connectivity index (χ4n) is 1.88. The third-order valence-electron chi connectivity index (χ3n) is 2.63. The van der Waals surface area contributed by atoms with Crippen LogP contribution in [0.4, 0.5) is 0 Å². The van der Waals surface area contributed by atoms with Crippen molar-refractivity contribution in [2.24, 2.45) is 5.73 Å². The van der Waals surface area contributed by atoms with Crippen LogP contribution >= 0.6 is 0 Å². The Morgan fingerprint density at radius 3 is 3.19 bits per heavy atom. The number of carbonyl (C=O) groups is 1. The number of rotatable bonds is 1. The minimum absolute atomic E-state index is 0.127. The summed E-state index contributed by atoms with van der Waals surface area (Å²) in [5.41, 5.74) is 8.68. The third-order valence-corrected chi connectivity index (χ3v) is 2.63. The average molecular weight is 214 g/mol. The summed E-state index contributed by atoms with van der Waals surface area (Å²) in [7, 11) is 0. The van der Waals surface area contributed by atoms with Crippen molar-refractivity contribution in [3.05, 3.63) is 34.9 Å². The highest BCUT2D eigenvalue weighted by Gasteiger charge is 2.10. The van der Waals surface area contributed by atoms with Crippen molar-refractivity contribution in [2.45, 2.75) is 19.4 Å². The molecule has 3 N–H and O–H groups in total. The van der Waals surface area contributed by atoms with E-state index in [1.54, 1.807) is 0 Å². The Balaban J connectivity index is 2.26. The van der Waals surface area contributed by atoms with Gasteiger partial charge >= 0.3 is 0 Å². The van der Waals surface area contributed by atoms with Crippen molar-refractivity contribution in [1.29, 1.82) is 0 Å². The Hall–Kier alpha value is -1.79. The molecule has 0 spiro atoms. The Morgan fingerprint density at radius 1 is 1.50 bits per heavy atom. The summed E-state index contributed by atoms with van der Waals surface area (Å²) >= 11 is 0. The zero-order valence-electron chi connectivity index (χ0n) is 9.05. The Bertz CT molecular complexity index is 469. The van der Waals surface area contributed by atoms with Crippen LogP contribution in [0, 0.1) is 11.8 Å². The van der Waals surface area contributed by atoms with Crippen LogP contribution in [0.1, 0.15) is 23.1 Å². The first kappa shape index (κ1) is 10.7. The van der Waals surface area contributed by atoms with Gasteiger partial charge < -0.3 is 11.1 Å². The summed E-state index contributed by atoms with van der Waals surface area (Å²) in [5, 5.41) is 3.32. The van der Waals surface area contributed by atoms with E-state index >= 15 is 0 Å². The largest absolute Gasteiger partial charge is 0.369 e. The molecule has 1 heterocycles. The number of nitrogens with one attached hydrogen (secondary N) is 1. The van der Waals surface area contributed by atoms with Gasteiger partial charge in [-0.15, -0.1) is 0 Å². The Kier molecular flexibility index (Phi) is 3.23. The van der Waals surface area contributed by atoms with Crippen molar-refractivity contribution in [1.82, 2.24) is 5.32 Å². The van der Waals surface area contributed by atoms with Crippen LogP contribution in [-0.4, -0.2) is 12.5 Å². The molecule has 3 nitrogen and oxygen atoms in total. The zero-order chi connectivity index (χ0) is 11.4. The molecular formula is C13H14N2O. The SMILES string of the molecule is NC(=O)CC#Cc1cccc2c1CCNC2. The fraction of sp³-hybridized carbons (Fsp3) is 0.308. The molecule has 3 heteroatoms. The van der Waals surface area contributed by atoms with Crippen LogP contribution in [0.5, 0.6) is 0 Å². The van der Waals surface area contributed by atoms with Gasteiger partial charge in [-0.25, -0.2) is 0 Å². The predicted molar refractivity (Wildman–Crippen MR) is 62.5 cm³/mol. The normalized spacial score (nSPS) is 13.5. The maximum Gasteiger partial charge on any atom is 0.229 e. The molecule has 0 saturated carbocycles. The van der Waals surface area contributed by atoms with Crippen LogP contribution in [-0.2, 0) is 17.8 Å². The number of primary amides is 1. The van der Waals surface area contributed by atoms with E-state index < -0.39 is 0 Å². The first-order chi connectivity index (χ1) is 7.77. The average Bonchev–Trinajstić information content (AvgIpc) is 2.29. The molecule has 1 aromatic rings. The first-order valence-electron chi connectivity index (χ1n) is 5.36. The van der Waals surface area contributed by atoms with Crippen molar-refractivity contribution < 1.29 is 4.79 Å². The molecule has 0 atom stereocenters. The van der Waals surface area contributed by atoms with Crippen molar-refractivity contribution in [2.75, 3.05) is 6.54 Å². The molecule has 0 unspecified atom stereocenters. The van der Waals surface area contributed by atoms with Gasteiger partial charge in [0.2, 0.25) is 5.91 Å². The first-order valence-corrected chi connectivity index (χ1v) is 5.36. The van der Waals surface area contributed by atoms with E-state index in [0.29, 0.717) is 0 Å². The molecule has 1 aliphatic rings. The maximum absolute atomic E-state index is 10.6. The van der Waals surface area contributed by atoms with Gasteiger partial charge in [0.15, 0.2) is 0 Å². The molecule has 1 aliphatic heterocycles. The third kappa shape index (κ3) is 2.41. The van der Waals surface area contributed by atoms with Crippen LogP contribution in [0.3, 0.4) is 0 Å². The summed E-state index contributed by atoms with van der Waals surface area (Å²) in [6.07, 6.45) is 1.12. The smallest absolute Gasteiger partial charge is 0.229 e. The van der Waals surface area contributed by atoms with Gasteiger partial charge in [0.05, 0.1) is 6.42 Å².